The Kier molecular flexibility index (Phi) is 5.94. The second-order valence-corrected chi connectivity index (χ2v) is 6.63. The lowest BCUT2D eigenvalue weighted by molar-refractivity contribution is 0.0992. The first kappa shape index (κ1) is 19.1. The van der Waals surface area contributed by atoms with Crippen LogP contribution in [0.15, 0.2) is 52.9 Å². The Morgan fingerprint density at radius 2 is 1.85 bits per heavy atom. The quantitative estimate of drug-likeness (QED) is 0.568. The van der Waals surface area contributed by atoms with Gasteiger partial charge in [0.1, 0.15) is 23.9 Å². The number of nitrogens with one attached hydrogen (secondary N) is 1. The number of hydrogen-bond donors (Lipinski definition) is 1. The minimum atomic E-state index is -0.380. The molecule has 3 rings (SSSR count). The highest BCUT2D eigenvalue weighted by molar-refractivity contribution is 6.35. The van der Waals surface area contributed by atoms with Crippen molar-refractivity contribution in [3.63, 3.8) is 0 Å². The number of anilines is 1. The van der Waals surface area contributed by atoms with Crippen LogP contribution in [0.2, 0.25) is 10.0 Å². The van der Waals surface area contributed by atoms with Gasteiger partial charge in [-0.15, -0.1) is 0 Å². The molecule has 0 bridgehead atoms. The van der Waals surface area contributed by atoms with Crippen molar-refractivity contribution in [3.8, 4) is 11.5 Å². The van der Waals surface area contributed by atoms with Crippen LogP contribution >= 0.6 is 23.2 Å². The minimum Gasteiger partial charge on any atom is -0.495 e. The Hall–Kier alpha value is -2.63. The standard InChI is InChI=1S/C20H17Cl2NO4/c1-12-3-6-18(25-2)16(9-12)23-20(24)19-8-5-14(27-19)11-26-17-7-4-13(21)10-15(17)22/h3-10H,11H2,1-2H3,(H,23,24). The molecule has 0 aliphatic rings. The van der Waals surface area contributed by atoms with Gasteiger partial charge in [-0.05, 0) is 55.0 Å². The van der Waals surface area contributed by atoms with Gasteiger partial charge in [-0.2, -0.15) is 0 Å². The van der Waals surface area contributed by atoms with E-state index in [0.717, 1.165) is 5.56 Å². The molecule has 0 aliphatic heterocycles. The lowest BCUT2D eigenvalue weighted by atomic mass is 10.2. The van der Waals surface area contributed by atoms with Crippen LogP contribution in [-0.4, -0.2) is 13.0 Å². The molecule has 2 aromatic carbocycles. The molecule has 5 nitrogen and oxygen atoms in total. The molecule has 0 fully saturated rings. The highest BCUT2D eigenvalue weighted by Crippen LogP contribution is 2.29. The molecule has 0 spiro atoms. The van der Waals surface area contributed by atoms with E-state index in [-0.39, 0.29) is 18.3 Å². The van der Waals surface area contributed by atoms with Gasteiger partial charge in [-0.3, -0.25) is 4.79 Å². The second kappa shape index (κ2) is 8.37. The van der Waals surface area contributed by atoms with Crippen molar-refractivity contribution >= 4 is 34.8 Å². The molecule has 0 unspecified atom stereocenters. The van der Waals surface area contributed by atoms with Crippen LogP contribution in [0.25, 0.3) is 0 Å². The summed E-state index contributed by atoms with van der Waals surface area (Å²) in [5.74, 6) is 1.32. The monoisotopic (exact) mass is 405 g/mol. The first-order chi connectivity index (χ1) is 13.0. The highest BCUT2D eigenvalue weighted by Gasteiger charge is 2.14. The zero-order valence-electron chi connectivity index (χ0n) is 14.7. The SMILES string of the molecule is COc1ccc(C)cc1NC(=O)c1ccc(COc2ccc(Cl)cc2Cl)o1. The summed E-state index contributed by atoms with van der Waals surface area (Å²) in [5, 5.41) is 3.71. The van der Waals surface area contributed by atoms with Crippen LogP contribution in [0.1, 0.15) is 21.9 Å². The normalized spacial score (nSPS) is 10.5. The van der Waals surface area contributed by atoms with E-state index >= 15 is 0 Å². The number of furan rings is 1. The first-order valence-electron chi connectivity index (χ1n) is 8.09. The average molecular weight is 406 g/mol. The van der Waals surface area contributed by atoms with Crippen molar-refractivity contribution in [2.75, 3.05) is 12.4 Å². The number of ether oxygens (including phenoxy) is 2. The van der Waals surface area contributed by atoms with Gasteiger partial charge in [-0.1, -0.05) is 29.3 Å². The fourth-order valence-electron chi connectivity index (χ4n) is 2.42. The molecule has 27 heavy (non-hydrogen) atoms. The number of carbonyl (C=O) groups excluding carboxylic acids is 1. The van der Waals surface area contributed by atoms with Gasteiger partial charge in [0.05, 0.1) is 17.8 Å². The van der Waals surface area contributed by atoms with Gasteiger partial charge in [-0.25, -0.2) is 0 Å². The maximum Gasteiger partial charge on any atom is 0.291 e. The molecular formula is C20H17Cl2NO4. The number of aryl methyl sites for hydroxylation is 1. The Morgan fingerprint density at radius 3 is 2.59 bits per heavy atom. The number of carbonyl (C=O) groups is 1. The molecule has 140 valence electrons. The summed E-state index contributed by atoms with van der Waals surface area (Å²) in [6.07, 6.45) is 0. The minimum absolute atomic E-state index is 0.127. The third kappa shape index (κ3) is 4.76. The lowest BCUT2D eigenvalue weighted by Crippen LogP contribution is -2.12. The van der Waals surface area contributed by atoms with Gasteiger partial charge >= 0.3 is 0 Å². The molecule has 7 heteroatoms. The summed E-state index contributed by atoms with van der Waals surface area (Å²) in [7, 11) is 1.55. The largest absolute Gasteiger partial charge is 0.495 e. The van der Waals surface area contributed by atoms with Crippen molar-refractivity contribution in [2.24, 2.45) is 0 Å². The highest BCUT2D eigenvalue weighted by atomic mass is 35.5. The number of halogens is 2. The van der Waals surface area contributed by atoms with E-state index in [1.807, 2.05) is 19.1 Å². The van der Waals surface area contributed by atoms with Gasteiger partial charge in [0.15, 0.2) is 5.76 Å². The van der Waals surface area contributed by atoms with Crippen molar-refractivity contribution in [2.45, 2.75) is 13.5 Å². The number of methoxy groups -OCH3 is 1. The second-order valence-electron chi connectivity index (χ2n) is 5.79. The Bertz CT molecular complexity index is 968. The third-order valence-corrected chi connectivity index (χ3v) is 4.28. The van der Waals surface area contributed by atoms with Crippen molar-refractivity contribution in [1.29, 1.82) is 0 Å². The molecule has 0 saturated heterocycles. The molecule has 0 radical (unpaired) electrons. The molecule has 0 saturated carbocycles. The van der Waals surface area contributed by atoms with Crippen LogP contribution in [-0.2, 0) is 6.61 Å². The number of benzene rings is 2. The Labute approximate surface area is 166 Å². The summed E-state index contributed by atoms with van der Waals surface area (Å²) >= 11 is 11.9. The first-order valence-corrected chi connectivity index (χ1v) is 8.84. The molecule has 1 aromatic heterocycles. The van der Waals surface area contributed by atoms with E-state index in [1.54, 1.807) is 43.5 Å². The predicted octanol–water partition coefficient (Wildman–Crippen LogP) is 5.73. The molecule has 1 heterocycles. The van der Waals surface area contributed by atoms with E-state index in [2.05, 4.69) is 5.32 Å². The lowest BCUT2D eigenvalue weighted by Gasteiger charge is -2.10. The fourth-order valence-corrected chi connectivity index (χ4v) is 2.89. The van der Waals surface area contributed by atoms with Crippen LogP contribution in [0.4, 0.5) is 5.69 Å². The number of rotatable bonds is 6. The van der Waals surface area contributed by atoms with Crippen molar-refractivity contribution < 1.29 is 18.7 Å². The maximum atomic E-state index is 12.4. The van der Waals surface area contributed by atoms with E-state index < -0.39 is 0 Å². The average Bonchev–Trinajstić information content (AvgIpc) is 3.10. The molecule has 1 N–H and O–H groups in total. The molecule has 0 aliphatic carbocycles. The van der Waals surface area contributed by atoms with E-state index in [0.29, 0.717) is 33.0 Å². The molecule has 3 aromatic rings. The third-order valence-electron chi connectivity index (χ3n) is 3.75. The Balaban J connectivity index is 1.66. The smallest absolute Gasteiger partial charge is 0.291 e. The zero-order valence-corrected chi connectivity index (χ0v) is 16.2. The van der Waals surface area contributed by atoms with Gasteiger partial charge in [0, 0.05) is 5.02 Å². The number of hydrogen-bond acceptors (Lipinski definition) is 4. The summed E-state index contributed by atoms with van der Waals surface area (Å²) in [5.41, 5.74) is 1.57. The molecular weight excluding hydrogens is 389 g/mol. The summed E-state index contributed by atoms with van der Waals surface area (Å²) in [4.78, 5) is 12.4. The van der Waals surface area contributed by atoms with Crippen LogP contribution in [0.3, 0.4) is 0 Å². The maximum absolute atomic E-state index is 12.4. The Morgan fingerprint density at radius 1 is 1.07 bits per heavy atom. The summed E-state index contributed by atoms with van der Waals surface area (Å²) in [6.45, 7) is 2.06. The van der Waals surface area contributed by atoms with Crippen molar-refractivity contribution in [3.05, 3.63) is 75.7 Å². The van der Waals surface area contributed by atoms with Gasteiger partial charge < -0.3 is 19.2 Å². The predicted molar refractivity (Wildman–Crippen MR) is 105 cm³/mol. The molecule has 1 amide bonds. The van der Waals surface area contributed by atoms with Gasteiger partial charge in [0.2, 0.25) is 0 Å². The zero-order chi connectivity index (χ0) is 19.4. The van der Waals surface area contributed by atoms with Crippen molar-refractivity contribution in [1.82, 2.24) is 0 Å². The molecule has 0 atom stereocenters. The topological polar surface area (TPSA) is 60.7 Å². The van der Waals surface area contributed by atoms with Crippen LogP contribution in [0, 0.1) is 6.92 Å². The van der Waals surface area contributed by atoms with E-state index in [1.165, 1.54) is 0 Å². The van der Waals surface area contributed by atoms with Gasteiger partial charge in [0.25, 0.3) is 5.91 Å². The van der Waals surface area contributed by atoms with Crippen LogP contribution in [0.5, 0.6) is 11.5 Å². The summed E-state index contributed by atoms with van der Waals surface area (Å²) in [6, 6.07) is 13.7. The number of amides is 1. The van der Waals surface area contributed by atoms with E-state index in [9.17, 15) is 4.79 Å². The fraction of sp³-hybridized carbons (Fsp3) is 0.150. The van der Waals surface area contributed by atoms with Crippen LogP contribution < -0.4 is 14.8 Å². The van der Waals surface area contributed by atoms with E-state index in [4.69, 9.17) is 37.1 Å². The summed E-state index contributed by atoms with van der Waals surface area (Å²) < 4.78 is 16.4.